The molecule has 208 valence electrons. The third-order valence-electron chi connectivity index (χ3n) is 11.6. The zero-order chi connectivity index (χ0) is 27.3. The van der Waals surface area contributed by atoms with E-state index in [2.05, 4.69) is 126 Å². The molecule has 3 aromatic rings. The van der Waals surface area contributed by atoms with E-state index < -0.39 is 0 Å². The molecule has 40 heavy (non-hydrogen) atoms. The lowest BCUT2D eigenvalue weighted by molar-refractivity contribution is 0.152. The monoisotopic (exact) mass is 534 g/mol. The van der Waals surface area contributed by atoms with Gasteiger partial charge >= 0.3 is 0 Å². The van der Waals surface area contributed by atoms with E-state index in [9.17, 15) is 0 Å². The van der Waals surface area contributed by atoms with Crippen LogP contribution in [-0.2, 0) is 16.2 Å². The van der Waals surface area contributed by atoms with E-state index >= 15 is 0 Å². The van der Waals surface area contributed by atoms with E-state index in [-0.39, 0.29) is 34.6 Å². The molecule has 5 aliphatic heterocycles. The van der Waals surface area contributed by atoms with E-state index in [1.807, 2.05) is 0 Å². The van der Waals surface area contributed by atoms with E-state index in [1.165, 1.54) is 39.3 Å². The lowest BCUT2D eigenvalue weighted by atomic mass is 9.52. The van der Waals surface area contributed by atoms with Gasteiger partial charge in [-0.1, -0.05) is 54.6 Å². The Morgan fingerprint density at radius 2 is 1.38 bits per heavy atom. The van der Waals surface area contributed by atoms with Crippen molar-refractivity contribution in [2.24, 2.45) is 0 Å². The minimum atomic E-state index is -0.0716. The van der Waals surface area contributed by atoms with Gasteiger partial charge in [-0.3, -0.25) is 9.80 Å². The first-order valence-electron chi connectivity index (χ1n) is 15.2. The Kier molecular flexibility index (Phi) is 5.24. The lowest BCUT2D eigenvalue weighted by Crippen LogP contribution is -2.60. The van der Waals surface area contributed by atoms with Crippen LogP contribution in [0.3, 0.4) is 0 Å². The molecule has 6 nitrogen and oxygen atoms in total. The van der Waals surface area contributed by atoms with E-state index in [0.29, 0.717) is 0 Å². The van der Waals surface area contributed by atoms with Crippen LogP contribution in [-0.4, -0.2) is 69.0 Å². The molecule has 6 heteroatoms. The first-order chi connectivity index (χ1) is 19.5. The van der Waals surface area contributed by atoms with Crippen LogP contribution in [0.4, 0.5) is 17.1 Å². The number of anilines is 3. The van der Waals surface area contributed by atoms with Gasteiger partial charge in [0.2, 0.25) is 0 Å². The summed E-state index contributed by atoms with van der Waals surface area (Å²) in [6, 6.07) is 25.7. The molecule has 5 heterocycles. The van der Waals surface area contributed by atoms with Gasteiger partial charge in [0.05, 0.1) is 17.7 Å². The maximum atomic E-state index is 4.21. The topological polar surface area (TPSA) is 54.6 Å². The smallest absolute Gasteiger partial charge is 0.0933 e. The Hall–Kier alpha value is -3.06. The number of para-hydroxylation sites is 3. The minimum absolute atomic E-state index is 0.0269. The van der Waals surface area contributed by atoms with Crippen molar-refractivity contribution in [2.75, 3.05) is 56.7 Å². The van der Waals surface area contributed by atoms with Crippen molar-refractivity contribution in [1.82, 2.24) is 15.1 Å². The Labute approximate surface area is 238 Å². The molecular weight excluding hydrogens is 492 g/mol. The molecule has 0 aromatic heterocycles. The molecule has 0 radical (unpaired) electrons. The number of likely N-dealkylation sites (tertiary alicyclic amines) is 2. The fraction of sp³-hybridized carbons (Fsp3) is 0.471. The second-order valence-electron chi connectivity index (χ2n) is 13.0. The number of nitrogens with zero attached hydrogens (tertiary/aromatic N) is 2. The number of fused-ring (bicyclic) bond motifs is 7. The number of likely N-dealkylation sites (N-methyl/N-ethyl adjacent to an activating group) is 2. The van der Waals surface area contributed by atoms with Gasteiger partial charge in [0.25, 0.3) is 0 Å². The zero-order valence-corrected chi connectivity index (χ0v) is 24.2. The van der Waals surface area contributed by atoms with Crippen LogP contribution in [0.15, 0.2) is 66.7 Å². The van der Waals surface area contributed by atoms with Crippen LogP contribution in [0.1, 0.15) is 48.4 Å². The molecule has 1 unspecified atom stereocenters. The molecule has 6 atom stereocenters. The van der Waals surface area contributed by atoms with Gasteiger partial charge in [-0.15, -0.1) is 0 Å². The van der Waals surface area contributed by atoms with Crippen LogP contribution in [0, 0.1) is 0 Å². The number of rotatable bonds is 5. The molecule has 0 spiro atoms. The first kappa shape index (κ1) is 24.7. The summed E-state index contributed by atoms with van der Waals surface area (Å²) < 4.78 is 0. The second kappa shape index (κ2) is 8.48. The maximum absolute atomic E-state index is 4.21. The van der Waals surface area contributed by atoms with Crippen molar-refractivity contribution in [1.29, 1.82) is 0 Å². The van der Waals surface area contributed by atoms with Gasteiger partial charge in [-0.2, -0.15) is 0 Å². The Morgan fingerprint density at radius 1 is 0.750 bits per heavy atom. The van der Waals surface area contributed by atoms with Gasteiger partial charge in [0.1, 0.15) is 0 Å². The zero-order valence-electron chi connectivity index (χ0n) is 24.2. The highest BCUT2D eigenvalue weighted by Gasteiger charge is 2.68. The van der Waals surface area contributed by atoms with Crippen molar-refractivity contribution in [3.63, 3.8) is 0 Å². The summed E-state index contributed by atoms with van der Waals surface area (Å²) >= 11 is 0. The molecule has 3 aromatic carbocycles. The summed E-state index contributed by atoms with van der Waals surface area (Å²) in [6.07, 6.45) is 3.89. The summed E-state index contributed by atoms with van der Waals surface area (Å²) in [7, 11) is 6.69. The molecule has 0 bridgehead atoms. The number of hydrogen-bond donors (Lipinski definition) is 4. The molecule has 0 aliphatic carbocycles. The van der Waals surface area contributed by atoms with Crippen molar-refractivity contribution in [3.05, 3.63) is 89.0 Å². The highest BCUT2D eigenvalue weighted by atomic mass is 15.3. The summed E-state index contributed by atoms with van der Waals surface area (Å²) in [5.41, 5.74) is 9.74. The fourth-order valence-electron chi connectivity index (χ4n) is 9.99. The van der Waals surface area contributed by atoms with E-state index in [0.717, 1.165) is 38.9 Å². The van der Waals surface area contributed by atoms with Crippen LogP contribution in [0.5, 0.6) is 0 Å². The molecule has 0 amide bonds. The average molecular weight is 535 g/mol. The Morgan fingerprint density at radius 3 is 2.17 bits per heavy atom. The molecule has 8 rings (SSSR count). The average Bonchev–Trinajstić information content (AvgIpc) is 3.74. The van der Waals surface area contributed by atoms with Crippen LogP contribution in [0.25, 0.3) is 0 Å². The number of benzene rings is 3. The second-order valence-corrected chi connectivity index (χ2v) is 13.0. The summed E-state index contributed by atoms with van der Waals surface area (Å²) in [5, 5.41) is 15.7. The highest BCUT2D eigenvalue weighted by molar-refractivity contribution is 5.78. The number of nitrogens with one attached hydrogen (secondary N) is 4. The molecule has 0 saturated carbocycles. The first-order valence-corrected chi connectivity index (χ1v) is 15.2. The van der Waals surface area contributed by atoms with Crippen LogP contribution in [0.2, 0.25) is 0 Å². The lowest BCUT2D eigenvalue weighted by Gasteiger charge is -2.50. The molecule has 2 saturated heterocycles. The third-order valence-corrected chi connectivity index (χ3v) is 11.6. The quantitative estimate of drug-likeness (QED) is 0.379. The summed E-state index contributed by atoms with van der Waals surface area (Å²) in [6.45, 7) is 5.63. The predicted molar refractivity (Wildman–Crippen MR) is 164 cm³/mol. The van der Waals surface area contributed by atoms with Gasteiger partial charge in [-0.25, -0.2) is 0 Å². The van der Waals surface area contributed by atoms with Crippen LogP contribution >= 0.6 is 0 Å². The van der Waals surface area contributed by atoms with Gasteiger partial charge in [0, 0.05) is 47.0 Å². The van der Waals surface area contributed by atoms with E-state index in [4.69, 9.17) is 0 Å². The predicted octanol–water partition coefficient (Wildman–Crippen LogP) is 4.75. The third kappa shape index (κ3) is 2.75. The Balaban J connectivity index is 1.39. The molecular formula is C34H42N6. The van der Waals surface area contributed by atoms with Crippen molar-refractivity contribution in [2.45, 2.75) is 60.8 Å². The highest BCUT2D eigenvalue weighted by Crippen LogP contribution is 2.66. The fourth-order valence-corrected chi connectivity index (χ4v) is 9.99. The van der Waals surface area contributed by atoms with Crippen LogP contribution < -0.4 is 21.3 Å². The Bertz CT molecular complexity index is 1490. The maximum Gasteiger partial charge on any atom is 0.0933 e. The van der Waals surface area contributed by atoms with Crippen molar-refractivity contribution in [3.8, 4) is 0 Å². The molecule has 4 N–H and O–H groups in total. The summed E-state index contributed by atoms with van der Waals surface area (Å²) in [4.78, 5) is 5.08. The van der Waals surface area contributed by atoms with Gasteiger partial charge in [-0.05, 0) is 88.3 Å². The van der Waals surface area contributed by atoms with Gasteiger partial charge in [0.15, 0.2) is 0 Å². The minimum Gasteiger partial charge on any atom is -0.381 e. The standard InChI is InChI=1S/C34H42N6/c1-22-33(16-19-35-2,34-18-21-40(4)31(34)38-28-15-8-6-11-24(28)34)26-13-9-12-25(29(26)36-22)32-17-20-39(3)30(32)37-27-14-7-5-10-23(27)32/h5-15,22,30-31,35-38H,16-21H2,1-4H3/t22-,30+,31+,32+,33?,34-/m0/s1. The summed E-state index contributed by atoms with van der Waals surface area (Å²) in [5.74, 6) is 0. The van der Waals surface area contributed by atoms with E-state index in [1.54, 1.807) is 0 Å². The molecule has 2 fully saturated rings. The number of hydrogen-bond acceptors (Lipinski definition) is 6. The van der Waals surface area contributed by atoms with Crippen molar-refractivity contribution < 1.29 is 0 Å². The SMILES string of the molecule is CNCCC1([C@]23CCN(C)[C@H]2Nc2ccccc23)c2cccc([C@]34CCN(C)[C@H]3Nc3ccccc34)c2N[C@H]1C. The van der Waals surface area contributed by atoms with Gasteiger partial charge < -0.3 is 21.3 Å². The van der Waals surface area contributed by atoms with Crippen molar-refractivity contribution >= 4 is 17.1 Å². The molecule has 5 aliphatic rings. The largest absolute Gasteiger partial charge is 0.381 e. The normalized spacial score (nSPS) is 35.4.